The number of ether oxygens (including phenoxy) is 1. The van der Waals surface area contributed by atoms with Crippen molar-refractivity contribution in [3.8, 4) is 11.8 Å². The fourth-order valence-electron chi connectivity index (χ4n) is 1.87. The normalized spacial score (nSPS) is 11.2. The monoisotopic (exact) mass is 372 g/mol. The van der Waals surface area contributed by atoms with E-state index in [1.807, 2.05) is 6.07 Å². The van der Waals surface area contributed by atoms with Gasteiger partial charge in [-0.1, -0.05) is 22.0 Å². The second kappa shape index (κ2) is 7.56. The number of amides is 1. The van der Waals surface area contributed by atoms with E-state index in [0.29, 0.717) is 28.8 Å². The summed E-state index contributed by atoms with van der Waals surface area (Å²) in [5.41, 5.74) is 1.31. The van der Waals surface area contributed by atoms with Crippen LogP contribution in [0.25, 0.3) is 0 Å². The Morgan fingerprint density at radius 3 is 2.83 bits per heavy atom. The van der Waals surface area contributed by atoms with Crippen LogP contribution in [0.5, 0.6) is 5.75 Å². The Bertz CT molecular complexity index is 784. The minimum absolute atomic E-state index is 0.330. The van der Waals surface area contributed by atoms with E-state index in [9.17, 15) is 9.59 Å². The lowest BCUT2D eigenvalue weighted by molar-refractivity contribution is -0.122. The molecule has 0 radical (unpaired) electrons. The molecule has 0 aliphatic rings. The largest absolute Gasteiger partial charge is 0.480 e. The van der Waals surface area contributed by atoms with Gasteiger partial charge in [0.15, 0.2) is 12.4 Å². The first-order valence-corrected chi connectivity index (χ1v) is 7.55. The maximum Gasteiger partial charge on any atom is 0.265 e. The van der Waals surface area contributed by atoms with Gasteiger partial charge in [0.05, 0.1) is 17.2 Å². The smallest absolute Gasteiger partial charge is 0.265 e. The van der Waals surface area contributed by atoms with Gasteiger partial charge < -0.3 is 10.1 Å². The molecule has 0 saturated heterocycles. The number of hydrogen-bond acceptors (Lipinski definition) is 4. The van der Waals surface area contributed by atoms with Crippen molar-refractivity contribution in [1.29, 1.82) is 5.26 Å². The summed E-state index contributed by atoms with van der Waals surface area (Å²) in [6, 6.07) is 13.5. The molecule has 6 heteroatoms. The molecule has 2 rings (SSSR count). The van der Waals surface area contributed by atoms with E-state index in [1.165, 1.54) is 0 Å². The first-order valence-electron chi connectivity index (χ1n) is 6.76. The summed E-state index contributed by atoms with van der Waals surface area (Å²) in [4.78, 5) is 23.2. The first-order chi connectivity index (χ1) is 11.0. The van der Waals surface area contributed by atoms with Crippen LogP contribution in [-0.4, -0.2) is 18.3 Å². The summed E-state index contributed by atoms with van der Waals surface area (Å²) in [7, 11) is 0. The Labute approximate surface area is 142 Å². The minimum Gasteiger partial charge on any atom is -0.480 e. The van der Waals surface area contributed by atoms with Crippen LogP contribution in [-0.2, 0) is 4.79 Å². The summed E-state index contributed by atoms with van der Waals surface area (Å²) < 4.78 is 6.30. The van der Waals surface area contributed by atoms with Crippen molar-refractivity contribution >= 4 is 33.8 Å². The number of carbonyl (C=O) groups is 2. The molecule has 0 fully saturated rings. The second-order valence-electron chi connectivity index (χ2n) is 4.74. The third kappa shape index (κ3) is 4.41. The van der Waals surface area contributed by atoms with Crippen molar-refractivity contribution in [1.82, 2.24) is 0 Å². The summed E-state index contributed by atoms with van der Waals surface area (Å²) >= 11 is 3.27. The van der Waals surface area contributed by atoms with Crippen molar-refractivity contribution in [3.05, 3.63) is 58.1 Å². The van der Waals surface area contributed by atoms with Crippen LogP contribution < -0.4 is 10.1 Å². The number of aldehydes is 1. The molecule has 0 saturated carbocycles. The van der Waals surface area contributed by atoms with Gasteiger partial charge in [-0.05, 0) is 43.3 Å². The van der Waals surface area contributed by atoms with Crippen LogP contribution in [0.4, 0.5) is 5.69 Å². The Hall–Kier alpha value is -2.65. The molecule has 0 aliphatic heterocycles. The number of benzene rings is 2. The molecule has 0 aromatic heterocycles. The average molecular weight is 373 g/mol. The van der Waals surface area contributed by atoms with Crippen LogP contribution in [0.1, 0.15) is 22.8 Å². The lowest BCUT2D eigenvalue weighted by atomic mass is 10.2. The minimum atomic E-state index is -0.805. The molecule has 23 heavy (non-hydrogen) atoms. The van der Waals surface area contributed by atoms with E-state index in [-0.39, 0.29) is 5.91 Å². The van der Waals surface area contributed by atoms with E-state index in [0.717, 1.165) is 4.47 Å². The van der Waals surface area contributed by atoms with E-state index in [4.69, 9.17) is 10.00 Å². The van der Waals surface area contributed by atoms with Gasteiger partial charge in [0, 0.05) is 10.2 Å². The number of halogens is 1. The van der Waals surface area contributed by atoms with E-state index < -0.39 is 6.10 Å². The quantitative estimate of drug-likeness (QED) is 0.814. The third-order valence-corrected chi connectivity index (χ3v) is 3.52. The van der Waals surface area contributed by atoms with Gasteiger partial charge in [0.2, 0.25) is 0 Å². The average Bonchev–Trinajstić information content (AvgIpc) is 2.56. The Morgan fingerprint density at radius 1 is 1.35 bits per heavy atom. The summed E-state index contributed by atoms with van der Waals surface area (Å²) in [5, 5.41) is 11.5. The lowest BCUT2D eigenvalue weighted by Gasteiger charge is -2.16. The molecule has 116 valence electrons. The fraction of sp³-hybridized carbons (Fsp3) is 0.118. The number of anilines is 1. The van der Waals surface area contributed by atoms with Crippen LogP contribution in [0.2, 0.25) is 0 Å². The van der Waals surface area contributed by atoms with Gasteiger partial charge in [0.1, 0.15) is 5.75 Å². The molecule has 0 aliphatic carbocycles. The predicted molar refractivity (Wildman–Crippen MR) is 89.4 cm³/mol. The zero-order valence-corrected chi connectivity index (χ0v) is 13.8. The van der Waals surface area contributed by atoms with E-state index in [2.05, 4.69) is 21.2 Å². The number of nitrogens with zero attached hydrogens (tertiary/aromatic N) is 1. The molecule has 0 heterocycles. The molecular weight excluding hydrogens is 360 g/mol. The molecule has 0 spiro atoms. The molecule has 1 atom stereocenters. The number of hydrogen-bond donors (Lipinski definition) is 1. The highest BCUT2D eigenvalue weighted by molar-refractivity contribution is 9.10. The standard InChI is InChI=1S/C17H13BrN2O3/c1-11(23-16-6-5-14(18)8-13(16)10-21)17(22)20-15-4-2-3-12(7-15)9-19/h2-8,10-11H,1H3,(H,20,22)/t11-/m1/s1. The first kappa shape index (κ1) is 16.7. The van der Waals surface area contributed by atoms with Gasteiger partial charge in [-0.15, -0.1) is 0 Å². The highest BCUT2D eigenvalue weighted by Crippen LogP contribution is 2.23. The van der Waals surface area contributed by atoms with Gasteiger partial charge in [-0.2, -0.15) is 5.26 Å². The predicted octanol–water partition coefficient (Wildman–Crippen LogP) is 3.54. The summed E-state index contributed by atoms with van der Waals surface area (Å²) in [5.74, 6) is -0.0449. The fourth-order valence-corrected chi connectivity index (χ4v) is 2.25. The van der Waals surface area contributed by atoms with Gasteiger partial charge in [-0.25, -0.2) is 0 Å². The third-order valence-electron chi connectivity index (χ3n) is 3.03. The molecule has 1 amide bonds. The van der Waals surface area contributed by atoms with Crippen LogP contribution in [0, 0.1) is 11.3 Å². The number of nitrogens with one attached hydrogen (secondary N) is 1. The second-order valence-corrected chi connectivity index (χ2v) is 5.66. The molecular formula is C17H13BrN2O3. The summed E-state index contributed by atoms with van der Waals surface area (Å²) in [6.45, 7) is 1.58. The van der Waals surface area contributed by atoms with Crippen molar-refractivity contribution < 1.29 is 14.3 Å². The van der Waals surface area contributed by atoms with E-state index in [1.54, 1.807) is 49.4 Å². The molecule has 1 N–H and O–H groups in total. The lowest BCUT2D eigenvalue weighted by Crippen LogP contribution is -2.30. The number of rotatable bonds is 5. The Balaban J connectivity index is 2.08. The topological polar surface area (TPSA) is 79.2 Å². The number of carbonyl (C=O) groups excluding carboxylic acids is 2. The molecule has 2 aromatic carbocycles. The zero-order valence-electron chi connectivity index (χ0n) is 12.2. The molecule has 5 nitrogen and oxygen atoms in total. The SMILES string of the molecule is C[C@@H](Oc1ccc(Br)cc1C=O)C(=O)Nc1cccc(C#N)c1. The van der Waals surface area contributed by atoms with Crippen LogP contribution >= 0.6 is 15.9 Å². The van der Waals surface area contributed by atoms with E-state index >= 15 is 0 Å². The van der Waals surface area contributed by atoms with Crippen LogP contribution in [0.15, 0.2) is 46.9 Å². The van der Waals surface area contributed by atoms with Gasteiger partial charge >= 0.3 is 0 Å². The van der Waals surface area contributed by atoms with Crippen molar-refractivity contribution in [2.45, 2.75) is 13.0 Å². The van der Waals surface area contributed by atoms with Crippen molar-refractivity contribution in [2.75, 3.05) is 5.32 Å². The molecule has 2 aromatic rings. The van der Waals surface area contributed by atoms with Crippen molar-refractivity contribution in [2.24, 2.45) is 0 Å². The number of nitriles is 1. The van der Waals surface area contributed by atoms with Crippen molar-refractivity contribution in [3.63, 3.8) is 0 Å². The molecule has 0 bridgehead atoms. The van der Waals surface area contributed by atoms with Gasteiger partial charge in [-0.3, -0.25) is 9.59 Å². The maximum atomic E-state index is 12.2. The summed E-state index contributed by atoms with van der Waals surface area (Å²) in [6.07, 6.45) is -0.137. The Kier molecular flexibility index (Phi) is 5.50. The highest BCUT2D eigenvalue weighted by Gasteiger charge is 2.17. The maximum absolute atomic E-state index is 12.2. The zero-order chi connectivity index (χ0) is 16.8. The van der Waals surface area contributed by atoms with Gasteiger partial charge in [0.25, 0.3) is 5.91 Å². The highest BCUT2D eigenvalue weighted by atomic mass is 79.9. The van der Waals surface area contributed by atoms with Crippen LogP contribution in [0.3, 0.4) is 0 Å². The molecule has 0 unspecified atom stereocenters. The Morgan fingerprint density at radius 2 is 2.13 bits per heavy atom.